The standard InChI is InChI=1S/C16H12FN5/c1-10-20-21-16-15(18-12-7-3-2-6-11(12)17)19-13-8-4-5-9-14(13)22(10)16/h2-9H,1H3,(H,18,19). The highest BCUT2D eigenvalue weighted by molar-refractivity contribution is 5.84. The van der Waals surface area contributed by atoms with E-state index in [0.29, 0.717) is 17.2 Å². The number of aromatic nitrogens is 4. The molecule has 0 aliphatic rings. The maximum absolute atomic E-state index is 13.9. The average Bonchev–Trinajstić information content (AvgIpc) is 2.92. The first-order valence-electron chi connectivity index (χ1n) is 6.86. The lowest BCUT2D eigenvalue weighted by atomic mass is 10.3. The molecule has 2 aromatic heterocycles. The summed E-state index contributed by atoms with van der Waals surface area (Å²) in [5, 5.41) is 11.3. The number of benzene rings is 2. The Hall–Kier alpha value is -3.02. The number of nitrogens with zero attached hydrogens (tertiary/aromatic N) is 4. The van der Waals surface area contributed by atoms with Gasteiger partial charge in [-0.15, -0.1) is 10.2 Å². The maximum atomic E-state index is 13.9. The molecule has 2 heterocycles. The number of aryl methyl sites for hydroxylation is 1. The predicted octanol–water partition coefficient (Wildman–Crippen LogP) is 3.47. The number of anilines is 2. The van der Waals surface area contributed by atoms with E-state index in [9.17, 15) is 4.39 Å². The third kappa shape index (κ3) is 1.88. The van der Waals surface area contributed by atoms with E-state index in [4.69, 9.17) is 0 Å². The molecule has 0 saturated carbocycles. The van der Waals surface area contributed by atoms with Crippen LogP contribution in [0.5, 0.6) is 0 Å². The predicted molar refractivity (Wildman–Crippen MR) is 82.7 cm³/mol. The van der Waals surface area contributed by atoms with Crippen LogP contribution in [-0.2, 0) is 0 Å². The van der Waals surface area contributed by atoms with Gasteiger partial charge in [-0.05, 0) is 31.2 Å². The molecule has 0 atom stereocenters. The summed E-state index contributed by atoms with van der Waals surface area (Å²) in [6, 6.07) is 14.2. The topological polar surface area (TPSA) is 55.1 Å². The van der Waals surface area contributed by atoms with Crippen LogP contribution in [-0.4, -0.2) is 19.6 Å². The van der Waals surface area contributed by atoms with Crippen molar-refractivity contribution in [3.8, 4) is 0 Å². The molecule has 0 unspecified atom stereocenters. The zero-order chi connectivity index (χ0) is 15.1. The number of halogens is 1. The van der Waals surface area contributed by atoms with E-state index in [1.807, 2.05) is 35.6 Å². The van der Waals surface area contributed by atoms with Gasteiger partial charge >= 0.3 is 0 Å². The largest absolute Gasteiger partial charge is 0.335 e. The molecule has 1 N–H and O–H groups in total. The van der Waals surface area contributed by atoms with Crippen LogP contribution in [0, 0.1) is 12.7 Å². The fourth-order valence-electron chi connectivity index (χ4n) is 2.50. The molecule has 2 aromatic carbocycles. The maximum Gasteiger partial charge on any atom is 0.204 e. The summed E-state index contributed by atoms with van der Waals surface area (Å²) < 4.78 is 15.8. The fraction of sp³-hybridized carbons (Fsp3) is 0.0625. The quantitative estimate of drug-likeness (QED) is 0.615. The molecule has 0 spiro atoms. The van der Waals surface area contributed by atoms with Gasteiger partial charge in [0, 0.05) is 0 Å². The second-order valence-corrected chi connectivity index (χ2v) is 4.96. The fourth-order valence-corrected chi connectivity index (χ4v) is 2.50. The van der Waals surface area contributed by atoms with E-state index in [1.54, 1.807) is 18.2 Å². The highest BCUT2D eigenvalue weighted by atomic mass is 19.1. The van der Waals surface area contributed by atoms with Crippen molar-refractivity contribution in [2.24, 2.45) is 0 Å². The molecule has 4 aromatic rings. The molecule has 6 heteroatoms. The van der Waals surface area contributed by atoms with Crippen molar-refractivity contribution < 1.29 is 4.39 Å². The van der Waals surface area contributed by atoms with Crippen molar-refractivity contribution in [1.82, 2.24) is 19.6 Å². The lowest BCUT2D eigenvalue weighted by molar-refractivity contribution is 0.632. The summed E-state index contributed by atoms with van der Waals surface area (Å²) >= 11 is 0. The lowest BCUT2D eigenvalue weighted by Gasteiger charge is -2.10. The molecule has 0 radical (unpaired) electrons. The first kappa shape index (κ1) is 12.7. The van der Waals surface area contributed by atoms with Crippen LogP contribution in [0.25, 0.3) is 16.7 Å². The minimum atomic E-state index is -0.341. The summed E-state index contributed by atoms with van der Waals surface area (Å²) in [6.45, 7) is 1.87. The highest BCUT2D eigenvalue weighted by Crippen LogP contribution is 2.25. The number of hydrogen-bond donors (Lipinski definition) is 1. The van der Waals surface area contributed by atoms with Gasteiger partial charge in [0.25, 0.3) is 0 Å². The Bertz CT molecular complexity index is 992. The molecule has 0 aliphatic heterocycles. The molecular weight excluding hydrogens is 281 g/mol. The van der Waals surface area contributed by atoms with E-state index in [2.05, 4.69) is 20.5 Å². The van der Waals surface area contributed by atoms with Gasteiger partial charge in [-0.3, -0.25) is 4.40 Å². The van der Waals surface area contributed by atoms with Gasteiger partial charge in [0.1, 0.15) is 11.6 Å². The smallest absolute Gasteiger partial charge is 0.204 e. The van der Waals surface area contributed by atoms with Crippen LogP contribution in [0.3, 0.4) is 0 Å². The summed E-state index contributed by atoms with van der Waals surface area (Å²) in [7, 11) is 0. The lowest BCUT2D eigenvalue weighted by Crippen LogP contribution is -2.02. The molecule has 22 heavy (non-hydrogen) atoms. The van der Waals surface area contributed by atoms with Crippen molar-refractivity contribution in [2.45, 2.75) is 6.92 Å². The first-order valence-corrected chi connectivity index (χ1v) is 6.86. The Kier molecular flexibility index (Phi) is 2.75. The van der Waals surface area contributed by atoms with E-state index in [-0.39, 0.29) is 5.82 Å². The van der Waals surface area contributed by atoms with Crippen LogP contribution < -0.4 is 5.32 Å². The first-order chi connectivity index (χ1) is 10.7. The Morgan fingerprint density at radius 3 is 2.64 bits per heavy atom. The molecule has 0 fully saturated rings. The minimum absolute atomic E-state index is 0.341. The van der Waals surface area contributed by atoms with E-state index >= 15 is 0 Å². The summed E-state index contributed by atoms with van der Waals surface area (Å²) in [6.07, 6.45) is 0. The number of hydrogen-bond acceptors (Lipinski definition) is 4. The number of rotatable bonds is 2. The van der Waals surface area contributed by atoms with Gasteiger partial charge in [-0.2, -0.15) is 0 Å². The SMILES string of the molecule is Cc1nnc2c(Nc3ccccc3F)nc3ccccc3n12. The normalized spacial score (nSPS) is 11.2. The average molecular weight is 293 g/mol. The number of nitrogens with one attached hydrogen (secondary N) is 1. The van der Waals surface area contributed by atoms with Crippen molar-refractivity contribution in [3.63, 3.8) is 0 Å². The number of para-hydroxylation sites is 3. The Labute approximate surface area is 125 Å². The van der Waals surface area contributed by atoms with Gasteiger partial charge in [0.2, 0.25) is 5.65 Å². The third-order valence-electron chi connectivity index (χ3n) is 3.52. The van der Waals surface area contributed by atoms with Crippen LogP contribution in [0.2, 0.25) is 0 Å². The molecule has 0 amide bonds. The Morgan fingerprint density at radius 1 is 1.00 bits per heavy atom. The van der Waals surface area contributed by atoms with Gasteiger partial charge in [-0.1, -0.05) is 24.3 Å². The molecule has 5 nitrogen and oxygen atoms in total. The molecule has 4 rings (SSSR count). The second kappa shape index (κ2) is 4.77. The van der Waals surface area contributed by atoms with Crippen molar-refractivity contribution in [3.05, 3.63) is 60.2 Å². The second-order valence-electron chi connectivity index (χ2n) is 4.96. The molecule has 108 valence electrons. The van der Waals surface area contributed by atoms with E-state index in [0.717, 1.165) is 16.9 Å². The Morgan fingerprint density at radius 2 is 1.77 bits per heavy atom. The van der Waals surface area contributed by atoms with Gasteiger partial charge in [0.05, 0.1) is 16.7 Å². The monoisotopic (exact) mass is 293 g/mol. The molecule has 0 aliphatic carbocycles. The zero-order valence-electron chi connectivity index (χ0n) is 11.8. The molecular formula is C16H12FN5. The summed E-state index contributed by atoms with van der Waals surface area (Å²) in [5.41, 5.74) is 2.63. The molecule has 0 bridgehead atoms. The Balaban J connectivity index is 1.98. The third-order valence-corrected chi connectivity index (χ3v) is 3.52. The van der Waals surface area contributed by atoms with Gasteiger partial charge in [-0.25, -0.2) is 9.37 Å². The van der Waals surface area contributed by atoms with Gasteiger partial charge in [0.15, 0.2) is 5.82 Å². The van der Waals surface area contributed by atoms with Crippen LogP contribution >= 0.6 is 0 Å². The molecule has 0 saturated heterocycles. The van der Waals surface area contributed by atoms with Crippen LogP contribution in [0.4, 0.5) is 15.9 Å². The van der Waals surface area contributed by atoms with Crippen molar-refractivity contribution in [1.29, 1.82) is 0 Å². The highest BCUT2D eigenvalue weighted by Gasteiger charge is 2.13. The summed E-state index contributed by atoms with van der Waals surface area (Å²) in [4.78, 5) is 4.55. The van der Waals surface area contributed by atoms with Crippen LogP contribution in [0.15, 0.2) is 48.5 Å². The van der Waals surface area contributed by atoms with E-state index in [1.165, 1.54) is 6.07 Å². The van der Waals surface area contributed by atoms with Crippen molar-refractivity contribution >= 4 is 28.2 Å². The number of fused-ring (bicyclic) bond motifs is 3. The van der Waals surface area contributed by atoms with Crippen molar-refractivity contribution in [2.75, 3.05) is 5.32 Å². The van der Waals surface area contributed by atoms with Gasteiger partial charge < -0.3 is 5.32 Å². The zero-order valence-corrected chi connectivity index (χ0v) is 11.8. The van der Waals surface area contributed by atoms with E-state index < -0.39 is 0 Å². The summed E-state index contributed by atoms with van der Waals surface area (Å²) in [5.74, 6) is 0.890. The van der Waals surface area contributed by atoms with Crippen LogP contribution in [0.1, 0.15) is 5.82 Å². The minimum Gasteiger partial charge on any atom is -0.335 e.